The second-order valence-electron chi connectivity index (χ2n) is 2.47. The lowest BCUT2D eigenvalue weighted by Crippen LogP contribution is -2.20. The summed E-state index contributed by atoms with van der Waals surface area (Å²) in [6, 6.07) is 0. The lowest BCUT2D eigenvalue weighted by Gasteiger charge is -2.02. The minimum Gasteiger partial charge on any atom is -0.315 e. The smallest absolute Gasteiger partial charge is 0.209 e. The summed E-state index contributed by atoms with van der Waals surface area (Å²) in [6.45, 7) is 6.91. The maximum atomic E-state index is 3.92. The maximum Gasteiger partial charge on any atom is 0.209 e. The molecule has 6 heteroatoms. The van der Waals surface area contributed by atoms with Gasteiger partial charge in [-0.15, -0.1) is 5.10 Å². The van der Waals surface area contributed by atoms with Crippen molar-refractivity contribution in [1.82, 2.24) is 25.5 Å². The monoisotopic (exact) mass is 201 g/mol. The first-order chi connectivity index (χ1) is 6.38. The zero-order chi connectivity index (χ0) is 9.52. The molecular formula is C7H15N5S. The van der Waals surface area contributed by atoms with E-state index in [0.717, 1.165) is 30.5 Å². The van der Waals surface area contributed by atoms with Crippen molar-refractivity contribution in [2.45, 2.75) is 25.5 Å². The van der Waals surface area contributed by atoms with Gasteiger partial charge in [0.25, 0.3) is 0 Å². The van der Waals surface area contributed by atoms with Crippen molar-refractivity contribution in [3.8, 4) is 0 Å². The SMILES string of the molecule is CCNCCn1nnnc1SCC. The topological polar surface area (TPSA) is 55.6 Å². The van der Waals surface area contributed by atoms with Gasteiger partial charge in [0.1, 0.15) is 0 Å². The van der Waals surface area contributed by atoms with Gasteiger partial charge in [0, 0.05) is 6.54 Å². The molecule has 0 fully saturated rings. The van der Waals surface area contributed by atoms with Crippen molar-refractivity contribution in [3.05, 3.63) is 0 Å². The highest BCUT2D eigenvalue weighted by Gasteiger charge is 2.03. The number of rotatable bonds is 6. The minimum absolute atomic E-state index is 0.836. The van der Waals surface area contributed by atoms with E-state index in [9.17, 15) is 0 Å². The van der Waals surface area contributed by atoms with Gasteiger partial charge in [-0.25, -0.2) is 4.68 Å². The van der Waals surface area contributed by atoms with Crippen LogP contribution in [0.1, 0.15) is 13.8 Å². The van der Waals surface area contributed by atoms with Crippen LogP contribution in [0.25, 0.3) is 0 Å². The van der Waals surface area contributed by atoms with Crippen LogP contribution in [0.15, 0.2) is 5.16 Å². The number of nitrogens with one attached hydrogen (secondary N) is 1. The summed E-state index contributed by atoms with van der Waals surface area (Å²) in [7, 11) is 0. The third kappa shape index (κ3) is 3.31. The Morgan fingerprint density at radius 1 is 1.46 bits per heavy atom. The zero-order valence-electron chi connectivity index (χ0n) is 8.03. The third-order valence-electron chi connectivity index (χ3n) is 1.52. The second kappa shape index (κ2) is 5.93. The highest BCUT2D eigenvalue weighted by Crippen LogP contribution is 2.11. The zero-order valence-corrected chi connectivity index (χ0v) is 8.84. The van der Waals surface area contributed by atoms with Gasteiger partial charge in [-0.05, 0) is 22.7 Å². The van der Waals surface area contributed by atoms with E-state index in [0.29, 0.717) is 0 Å². The van der Waals surface area contributed by atoms with Gasteiger partial charge in [-0.1, -0.05) is 25.6 Å². The van der Waals surface area contributed by atoms with Crippen LogP contribution in [0.2, 0.25) is 0 Å². The molecule has 0 aliphatic heterocycles. The molecule has 0 spiro atoms. The average Bonchev–Trinajstić information content (AvgIpc) is 2.54. The summed E-state index contributed by atoms with van der Waals surface area (Å²) in [5.41, 5.74) is 0. The van der Waals surface area contributed by atoms with Gasteiger partial charge >= 0.3 is 0 Å². The van der Waals surface area contributed by atoms with Crippen LogP contribution in [0, 0.1) is 0 Å². The molecule has 0 amide bonds. The van der Waals surface area contributed by atoms with Crippen molar-refractivity contribution in [1.29, 1.82) is 0 Å². The largest absolute Gasteiger partial charge is 0.315 e. The molecule has 0 aliphatic rings. The van der Waals surface area contributed by atoms with E-state index in [4.69, 9.17) is 0 Å². The molecule has 0 aromatic carbocycles. The molecule has 0 atom stereocenters. The molecule has 0 bridgehead atoms. The van der Waals surface area contributed by atoms with Gasteiger partial charge in [0.05, 0.1) is 6.54 Å². The molecule has 0 aliphatic carbocycles. The van der Waals surface area contributed by atoms with Crippen molar-refractivity contribution < 1.29 is 0 Å². The van der Waals surface area contributed by atoms with Crippen LogP contribution in [0.3, 0.4) is 0 Å². The van der Waals surface area contributed by atoms with Crippen LogP contribution in [-0.2, 0) is 6.54 Å². The molecule has 74 valence electrons. The molecule has 1 heterocycles. The minimum atomic E-state index is 0.836. The normalized spacial score (nSPS) is 10.6. The molecule has 1 aromatic heterocycles. The lowest BCUT2D eigenvalue weighted by atomic mass is 10.6. The summed E-state index contributed by atoms with van der Waals surface area (Å²) >= 11 is 1.67. The molecule has 5 nitrogen and oxygen atoms in total. The fourth-order valence-corrected chi connectivity index (χ4v) is 1.56. The standard InChI is InChI=1S/C7H15N5S/c1-3-8-5-6-12-7(13-4-2)9-10-11-12/h8H,3-6H2,1-2H3. The molecule has 0 saturated heterocycles. The Bertz CT molecular complexity index is 237. The van der Waals surface area contributed by atoms with Crippen LogP contribution in [-0.4, -0.2) is 39.0 Å². The van der Waals surface area contributed by atoms with Gasteiger partial charge < -0.3 is 5.32 Å². The number of hydrogen-bond donors (Lipinski definition) is 1. The van der Waals surface area contributed by atoms with Crippen LogP contribution >= 0.6 is 11.8 Å². The van der Waals surface area contributed by atoms with E-state index in [1.807, 2.05) is 4.68 Å². The van der Waals surface area contributed by atoms with Crippen LogP contribution in [0.5, 0.6) is 0 Å². The third-order valence-corrected chi connectivity index (χ3v) is 2.36. The highest BCUT2D eigenvalue weighted by atomic mass is 32.2. The van der Waals surface area contributed by atoms with E-state index in [-0.39, 0.29) is 0 Å². The first-order valence-corrected chi connectivity index (χ1v) is 5.46. The number of tetrazole rings is 1. The van der Waals surface area contributed by atoms with Gasteiger partial charge in [0.2, 0.25) is 5.16 Å². The Labute approximate surface area is 82.3 Å². The fourth-order valence-electron chi connectivity index (χ4n) is 0.931. The number of aromatic nitrogens is 4. The fraction of sp³-hybridized carbons (Fsp3) is 0.857. The predicted molar refractivity (Wildman–Crippen MR) is 52.8 cm³/mol. The Morgan fingerprint density at radius 2 is 2.31 bits per heavy atom. The Morgan fingerprint density at radius 3 is 3.00 bits per heavy atom. The van der Waals surface area contributed by atoms with E-state index < -0.39 is 0 Å². The Hall–Kier alpha value is -0.620. The van der Waals surface area contributed by atoms with E-state index in [2.05, 4.69) is 34.7 Å². The average molecular weight is 201 g/mol. The summed E-state index contributed by atoms with van der Waals surface area (Å²) in [4.78, 5) is 0. The Kier molecular flexibility index (Phi) is 4.77. The lowest BCUT2D eigenvalue weighted by molar-refractivity contribution is 0.518. The van der Waals surface area contributed by atoms with Gasteiger partial charge in [0.15, 0.2) is 0 Å². The van der Waals surface area contributed by atoms with Gasteiger partial charge in [-0.2, -0.15) is 0 Å². The molecule has 1 rings (SSSR count). The summed E-state index contributed by atoms with van der Waals surface area (Å²) in [6.07, 6.45) is 0. The molecule has 0 radical (unpaired) electrons. The van der Waals surface area contributed by atoms with E-state index >= 15 is 0 Å². The highest BCUT2D eigenvalue weighted by molar-refractivity contribution is 7.99. The van der Waals surface area contributed by atoms with Crippen molar-refractivity contribution >= 4 is 11.8 Å². The van der Waals surface area contributed by atoms with Crippen LogP contribution in [0.4, 0.5) is 0 Å². The predicted octanol–water partition coefficient (Wildman–Crippen LogP) is 0.395. The molecule has 1 aromatic rings. The maximum absolute atomic E-state index is 3.92. The molecule has 13 heavy (non-hydrogen) atoms. The second-order valence-corrected chi connectivity index (χ2v) is 3.70. The summed E-state index contributed by atoms with van der Waals surface area (Å²) in [5.74, 6) is 1.00. The number of hydrogen-bond acceptors (Lipinski definition) is 5. The molecule has 0 unspecified atom stereocenters. The van der Waals surface area contributed by atoms with Crippen molar-refractivity contribution in [2.75, 3.05) is 18.8 Å². The molecular weight excluding hydrogens is 186 g/mol. The summed E-state index contributed by atoms with van der Waals surface area (Å²) < 4.78 is 1.83. The van der Waals surface area contributed by atoms with Crippen molar-refractivity contribution in [3.63, 3.8) is 0 Å². The van der Waals surface area contributed by atoms with E-state index in [1.165, 1.54) is 0 Å². The first kappa shape index (κ1) is 10.5. The molecule has 0 saturated carbocycles. The number of thioether (sulfide) groups is 1. The number of likely N-dealkylation sites (N-methyl/N-ethyl adjacent to an activating group) is 1. The number of nitrogens with zero attached hydrogens (tertiary/aromatic N) is 4. The quantitative estimate of drug-likeness (QED) is 0.533. The molecule has 1 N–H and O–H groups in total. The first-order valence-electron chi connectivity index (χ1n) is 4.48. The van der Waals surface area contributed by atoms with Gasteiger partial charge in [-0.3, -0.25) is 0 Å². The van der Waals surface area contributed by atoms with E-state index in [1.54, 1.807) is 11.8 Å². The Balaban J connectivity index is 2.40. The van der Waals surface area contributed by atoms with Crippen molar-refractivity contribution in [2.24, 2.45) is 0 Å². The van der Waals surface area contributed by atoms with Crippen LogP contribution < -0.4 is 5.32 Å². The summed E-state index contributed by atoms with van der Waals surface area (Å²) in [5, 5.41) is 15.6.